The van der Waals surface area contributed by atoms with Gasteiger partial charge in [-0.3, -0.25) is 9.89 Å². The van der Waals surface area contributed by atoms with Crippen molar-refractivity contribution in [2.45, 2.75) is 64.1 Å². The van der Waals surface area contributed by atoms with Gasteiger partial charge in [-0.05, 0) is 38.0 Å². The molecule has 1 amide bonds. The summed E-state index contributed by atoms with van der Waals surface area (Å²) in [5, 5.41) is 7.00. The summed E-state index contributed by atoms with van der Waals surface area (Å²) in [6.45, 7) is 7.19. The van der Waals surface area contributed by atoms with Gasteiger partial charge in [-0.25, -0.2) is 0 Å². The minimum absolute atomic E-state index is 0.0847. The van der Waals surface area contributed by atoms with Crippen LogP contribution in [0.1, 0.15) is 67.9 Å². The molecule has 0 aromatic carbocycles. The highest BCUT2D eigenvalue weighted by molar-refractivity contribution is 5.95. The number of ether oxygens (including phenoxy) is 2. The van der Waals surface area contributed by atoms with Gasteiger partial charge in [0.25, 0.3) is 5.91 Å². The molecule has 1 atom stereocenters. The van der Waals surface area contributed by atoms with Crippen LogP contribution in [0.25, 0.3) is 0 Å². The smallest absolute Gasteiger partial charge is 0.257 e. The first kappa shape index (κ1) is 17.4. The molecule has 2 fully saturated rings. The van der Waals surface area contributed by atoms with E-state index in [2.05, 4.69) is 24.0 Å². The van der Waals surface area contributed by atoms with Crippen LogP contribution in [0, 0.1) is 0 Å². The lowest BCUT2D eigenvalue weighted by atomic mass is 10.0. The van der Waals surface area contributed by atoms with E-state index in [1.165, 1.54) is 12.8 Å². The highest BCUT2D eigenvalue weighted by Crippen LogP contribution is 2.22. The lowest BCUT2D eigenvalue weighted by Crippen LogP contribution is -2.42. The van der Waals surface area contributed by atoms with Gasteiger partial charge in [-0.1, -0.05) is 13.8 Å². The Kier molecular flexibility index (Phi) is 5.89. The maximum Gasteiger partial charge on any atom is 0.257 e. The van der Waals surface area contributed by atoms with E-state index in [9.17, 15) is 4.79 Å². The zero-order valence-electron chi connectivity index (χ0n) is 14.8. The Morgan fingerprint density at radius 1 is 1.38 bits per heavy atom. The van der Waals surface area contributed by atoms with Crippen molar-refractivity contribution in [2.75, 3.05) is 26.3 Å². The highest BCUT2D eigenvalue weighted by atomic mass is 16.5. The summed E-state index contributed by atoms with van der Waals surface area (Å²) >= 11 is 0. The highest BCUT2D eigenvalue weighted by Gasteiger charge is 2.27. The van der Waals surface area contributed by atoms with E-state index in [0.717, 1.165) is 44.7 Å². The van der Waals surface area contributed by atoms with Crippen LogP contribution in [0.5, 0.6) is 0 Å². The third-order valence-electron chi connectivity index (χ3n) is 5.00. The maximum absolute atomic E-state index is 12.7. The summed E-state index contributed by atoms with van der Waals surface area (Å²) in [5.74, 6) is 0.351. The number of carbonyl (C=O) groups is 1. The first-order valence-electron chi connectivity index (χ1n) is 9.21. The number of piperidine rings is 1. The van der Waals surface area contributed by atoms with Crippen LogP contribution in [0.2, 0.25) is 0 Å². The topological polar surface area (TPSA) is 67.5 Å². The Bertz CT molecular complexity index is 529. The van der Waals surface area contributed by atoms with E-state index < -0.39 is 0 Å². The van der Waals surface area contributed by atoms with Gasteiger partial charge < -0.3 is 14.4 Å². The van der Waals surface area contributed by atoms with Crippen molar-refractivity contribution in [1.82, 2.24) is 15.1 Å². The Morgan fingerprint density at radius 3 is 2.83 bits per heavy atom. The number of likely N-dealkylation sites (tertiary alicyclic amines) is 1. The van der Waals surface area contributed by atoms with Crippen molar-refractivity contribution >= 4 is 5.91 Å². The number of hydrogen-bond acceptors (Lipinski definition) is 4. The normalized spacial score (nSPS) is 23.0. The number of amides is 1. The summed E-state index contributed by atoms with van der Waals surface area (Å²) in [6, 6.07) is 0. The monoisotopic (exact) mass is 335 g/mol. The van der Waals surface area contributed by atoms with Crippen LogP contribution in [0.3, 0.4) is 0 Å². The molecule has 2 aliphatic heterocycles. The third-order valence-corrected chi connectivity index (χ3v) is 5.00. The largest absolute Gasteiger partial charge is 0.376 e. The molecule has 0 unspecified atom stereocenters. The van der Waals surface area contributed by atoms with Gasteiger partial charge in [0, 0.05) is 19.7 Å². The molecule has 24 heavy (non-hydrogen) atoms. The quantitative estimate of drug-likeness (QED) is 0.898. The van der Waals surface area contributed by atoms with E-state index in [-0.39, 0.29) is 24.0 Å². The molecule has 3 heterocycles. The van der Waals surface area contributed by atoms with Crippen LogP contribution >= 0.6 is 0 Å². The molecule has 6 heteroatoms. The summed E-state index contributed by atoms with van der Waals surface area (Å²) in [4.78, 5) is 14.6. The zero-order valence-corrected chi connectivity index (χ0v) is 14.8. The average molecular weight is 335 g/mol. The number of hydrogen-bond donors (Lipinski definition) is 1. The van der Waals surface area contributed by atoms with Gasteiger partial charge >= 0.3 is 0 Å². The standard InChI is InChI=1S/C18H29N3O3/c1-13(2)17-16(11-19-20-17)18(22)21-8-6-14(7-9-21)24-12-15-5-3-4-10-23-15/h11,13-15H,3-10,12H2,1-2H3,(H,19,20)/t15-/m0/s1. The van der Waals surface area contributed by atoms with Gasteiger partial charge in [-0.2, -0.15) is 5.10 Å². The summed E-state index contributed by atoms with van der Waals surface area (Å²) in [6.07, 6.45) is 7.47. The second-order valence-corrected chi connectivity index (χ2v) is 7.17. The van der Waals surface area contributed by atoms with Crippen molar-refractivity contribution in [3.05, 3.63) is 17.5 Å². The molecule has 0 spiro atoms. The van der Waals surface area contributed by atoms with Gasteiger partial charge in [-0.15, -0.1) is 0 Å². The second kappa shape index (κ2) is 8.12. The molecular weight excluding hydrogens is 306 g/mol. The predicted octanol–water partition coefficient (Wildman–Crippen LogP) is 2.72. The molecule has 1 aromatic rings. The van der Waals surface area contributed by atoms with Crippen molar-refractivity contribution in [3.63, 3.8) is 0 Å². The van der Waals surface area contributed by atoms with Crippen LogP contribution in [0.15, 0.2) is 6.20 Å². The molecule has 134 valence electrons. The van der Waals surface area contributed by atoms with Gasteiger partial charge in [0.1, 0.15) is 0 Å². The van der Waals surface area contributed by atoms with Crippen LogP contribution in [0.4, 0.5) is 0 Å². The van der Waals surface area contributed by atoms with Crippen LogP contribution in [-0.2, 0) is 9.47 Å². The van der Waals surface area contributed by atoms with E-state index in [4.69, 9.17) is 9.47 Å². The minimum Gasteiger partial charge on any atom is -0.376 e. The fourth-order valence-electron chi connectivity index (χ4n) is 3.48. The molecule has 1 N–H and O–H groups in total. The van der Waals surface area contributed by atoms with Crippen LogP contribution < -0.4 is 0 Å². The first-order chi connectivity index (χ1) is 11.6. The third kappa shape index (κ3) is 4.16. The second-order valence-electron chi connectivity index (χ2n) is 7.17. The maximum atomic E-state index is 12.7. The Hall–Kier alpha value is -1.40. The molecule has 2 aliphatic rings. The number of aromatic nitrogens is 2. The fraction of sp³-hybridized carbons (Fsp3) is 0.778. The number of nitrogens with one attached hydrogen (secondary N) is 1. The fourth-order valence-corrected chi connectivity index (χ4v) is 3.48. The van der Waals surface area contributed by atoms with E-state index in [0.29, 0.717) is 12.2 Å². The van der Waals surface area contributed by atoms with Crippen molar-refractivity contribution < 1.29 is 14.3 Å². The Morgan fingerprint density at radius 2 is 2.17 bits per heavy atom. The van der Waals surface area contributed by atoms with E-state index in [1.807, 2.05) is 4.90 Å². The van der Waals surface area contributed by atoms with E-state index >= 15 is 0 Å². The zero-order chi connectivity index (χ0) is 16.9. The Labute approximate surface area is 143 Å². The lowest BCUT2D eigenvalue weighted by molar-refractivity contribution is -0.0733. The molecule has 6 nitrogen and oxygen atoms in total. The summed E-state index contributed by atoms with van der Waals surface area (Å²) in [7, 11) is 0. The molecule has 0 radical (unpaired) electrons. The molecule has 1 aromatic heterocycles. The van der Waals surface area contributed by atoms with Gasteiger partial charge in [0.2, 0.25) is 0 Å². The molecule has 3 rings (SSSR count). The van der Waals surface area contributed by atoms with Crippen molar-refractivity contribution in [2.24, 2.45) is 0 Å². The first-order valence-corrected chi connectivity index (χ1v) is 9.21. The molecule has 0 bridgehead atoms. The molecule has 2 saturated heterocycles. The number of rotatable bonds is 5. The Balaban J connectivity index is 1.46. The molecular formula is C18H29N3O3. The summed E-state index contributed by atoms with van der Waals surface area (Å²) in [5.41, 5.74) is 1.63. The number of carbonyl (C=O) groups excluding carboxylic acids is 1. The SMILES string of the molecule is CC(C)c1[nH]ncc1C(=O)N1CCC(OC[C@@H]2CCCCO2)CC1. The summed E-state index contributed by atoms with van der Waals surface area (Å²) < 4.78 is 11.7. The van der Waals surface area contributed by atoms with Crippen molar-refractivity contribution in [3.8, 4) is 0 Å². The molecule has 0 aliphatic carbocycles. The van der Waals surface area contributed by atoms with Gasteiger partial charge in [0.05, 0.1) is 36.3 Å². The van der Waals surface area contributed by atoms with Gasteiger partial charge in [0.15, 0.2) is 0 Å². The minimum atomic E-state index is 0.0847. The number of H-pyrrole nitrogens is 1. The predicted molar refractivity (Wildman–Crippen MR) is 91.1 cm³/mol. The van der Waals surface area contributed by atoms with Crippen molar-refractivity contribution in [1.29, 1.82) is 0 Å². The average Bonchev–Trinajstić information content (AvgIpc) is 3.11. The number of nitrogens with zero attached hydrogens (tertiary/aromatic N) is 2. The lowest BCUT2D eigenvalue weighted by Gasteiger charge is -2.33. The number of aromatic amines is 1. The van der Waals surface area contributed by atoms with Crippen LogP contribution in [-0.4, -0.2) is 59.5 Å². The molecule has 0 saturated carbocycles. The van der Waals surface area contributed by atoms with E-state index in [1.54, 1.807) is 6.20 Å².